The van der Waals surface area contributed by atoms with Crippen molar-refractivity contribution in [3.63, 3.8) is 0 Å². The lowest BCUT2D eigenvalue weighted by Gasteiger charge is -2.34. The van der Waals surface area contributed by atoms with E-state index >= 15 is 0 Å². The maximum Gasteiger partial charge on any atom is 0.193 e. The average molecular weight is 424 g/mol. The van der Waals surface area contributed by atoms with E-state index in [0.717, 1.165) is 34.6 Å². The molecular weight excluding hydrogens is 398 g/mol. The van der Waals surface area contributed by atoms with Gasteiger partial charge in [-0.05, 0) is 47.7 Å². The Morgan fingerprint density at radius 1 is 0.938 bits per heavy atom. The van der Waals surface area contributed by atoms with Gasteiger partial charge in [-0.1, -0.05) is 44.2 Å². The highest BCUT2D eigenvalue weighted by Gasteiger charge is 2.38. The maximum absolute atomic E-state index is 13.3. The highest BCUT2D eigenvalue weighted by Crippen LogP contribution is 2.45. The molecule has 2 aliphatic rings. The minimum atomic E-state index is -0.277. The molecule has 0 spiro atoms. The molecule has 0 unspecified atom stereocenters. The number of fused-ring (bicyclic) bond motifs is 1. The number of carbonyl (C=O) groups is 2. The van der Waals surface area contributed by atoms with E-state index in [1.54, 1.807) is 12.4 Å². The van der Waals surface area contributed by atoms with E-state index < -0.39 is 0 Å². The lowest BCUT2D eigenvalue weighted by Crippen LogP contribution is -2.31. The lowest BCUT2D eigenvalue weighted by molar-refractivity contribution is -0.118. The van der Waals surface area contributed by atoms with Crippen LogP contribution >= 0.6 is 0 Å². The molecule has 32 heavy (non-hydrogen) atoms. The number of hydrogen-bond donors (Lipinski definition) is 2. The zero-order chi connectivity index (χ0) is 22.3. The third-order valence-electron chi connectivity index (χ3n) is 6.15. The molecule has 0 radical (unpaired) electrons. The fraction of sp³-hybridized carbons (Fsp3) is 0.222. The van der Waals surface area contributed by atoms with Crippen LogP contribution in [0.2, 0.25) is 0 Å². The molecular formula is C27H25N3O2. The Hall–Kier alpha value is -3.73. The predicted molar refractivity (Wildman–Crippen MR) is 126 cm³/mol. The van der Waals surface area contributed by atoms with Crippen LogP contribution in [-0.4, -0.2) is 16.6 Å². The maximum atomic E-state index is 13.3. The normalized spacial score (nSPS) is 19.2. The summed E-state index contributed by atoms with van der Waals surface area (Å²) in [5, 5.41) is 7.08. The van der Waals surface area contributed by atoms with Gasteiger partial charge in [0.25, 0.3) is 0 Å². The van der Waals surface area contributed by atoms with Crippen LogP contribution in [0.15, 0.2) is 84.3 Å². The van der Waals surface area contributed by atoms with Crippen LogP contribution in [0.4, 0.5) is 11.4 Å². The minimum Gasteiger partial charge on any atom is -0.372 e. The van der Waals surface area contributed by atoms with Gasteiger partial charge in [0, 0.05) is 41.2 Å². The van der Waals surface area contributed by atoms with Crippen molar-refractivity contribution in [1.29, 1.82) is 0 Å². The number of nitrogens with one attached hydrogen (secondary N) is 2. The van der Waals surface area contributed by atoms with Crippen LogP contribution in [0, 0.1) is 5.41 Å². The second-order valence-corrected chi connectivity index (χ2v) is 9.27. The third-order valence-corrected chi connectivity index (χ3v) is 6.15. The number of ketones is 2. The van der Waals surface area contributed by atoms with E-state index in [4.69, 9.17) is 0 Å². The van der Waals surface area contributed by atoms with Gasteiger partial charge >= 0.3 is 0 Å². The van der Waals surface area contributed by atoms with Gasteiger partial charge in [-0.2, -0.15) is 0 Å². The first-order chi connectivity index (χ1) is 15.4. The van der Waals surface area contributed by atoms with Crippen molar-refractivity contribution in [2.24, 2.45) is 5.41 Å². The molecule has 0 fully saturated rings. The summed E-state index contributed by atoms with van der Waals surface area (Å²) in [7, 11) is 0. The molecule has 1 atom stereocenters. The van der Waals surface area contributed by atoms with E-state index in [0.29, 0.717) is 17.5 Å². The fourth-order valence-corrected chi connectivity index (χ4v) is 4.65. The zero-order valence-corrected chi connectivity index (χ0v) is 18.2. The quantitative estimate of drug-likeness (QED) is 0.542. The Morgan fingerprint density at radius 2 is 1.69 bits per heavy atom. The van der Waals surface area contributed by atoms with Crippen molar-refractivity contribution in [1.82, 2.24) is 4.98 Å². The summed E-state index contributed by atoms with van der Waals surface area (Å²) in [6, 6.07) is 18.5. The van der Waals surface area contributed by atoms with Gasteiger partial charge in [0.1, 0.15) is 0 Å². The largest absolute Gasteiger partial charge is 0.372 e. The number of pyridine rings is 1. The Balaban J connectivity index is 1.61. The Kier molecular flexibility index (Phi) is 4.89. The first-order valence-electron chi connectivity index (χ1n) is 10.8. The standard InChI is InChI=1S/C27H25N3O2/c1-27(2)15-22-24(23(31)16-27)25(17-10-12-28-13-11-17)30-20-9-8-19(14-21(20)29-22)26(32)18-6-4-3-5-7-18/h3-14,25,29-30H,15-16H2,1-2H3/t25-/m1/s1. The predicted octanol–water partition coefficient (Wildman–Crippen LogP) is 5.53. The first-order valence-corrected chi connectivity index (χ1v) is 10.8. The number of hydrogen-bond acceptors (Lipinski definition) is 5. The van der Waals surface area contributed by atoms with Gasteiger partial charge in [0.2, 0.25) is 0 Å². The van der Waals surface area contributed by atoms with Crippen LogP contribution in [-0.2, 0) is 4.79 Å². The third kappa shape index (κ3) is 3.71. The van der Waals surface area contributed by atoms with Crippen molar-refractivity contribution >= 4 is 22.9 Å². The molecule has 0 saturated heterocycles. The summed E-state index contributed by atoms with van der Waals surface area (Å²) < 4.78 is 0. The Bertz CT molecular complexity index is 1230. The molecule has 2 heterocycles. The summed E-state index contributed by atoms with van der Waals surface area (Å²) in [5.74, 6) is 0.117. The smallest absolute Gasteiger partial charge is 0.193 e. The number of anilines is 2. The molecule has 3 aromatic rings. The minimum absolute atomic E-state index is 0.0283. The number of carbonyl (C=O) groups excluding carboxylic acids is 2. The molecule has 5 rings (SSSR count). The number of allylic oxidation sites excluding steroid dienone is 1. The van der Waals surface area contributed by atoms with Crippen LogP contribution < -0.4 is 10.6 Å². The molecule has 0 saturated carbocycles. The first kappa shape index (κ1) is 20.2. The molecule has 2 aromatic carbocycles. The van der Waals surface area contributed by atoms with Crippen molar-refractivity contribution in [2.45, 2.75) is 32.7 Å². The lowest BCUT2D eigenvalue weighted by atomic mass is 9.73. The van der Waals surface area contributed by atoms with E-state index in [2.05, 4.69) is 29.5 Å². The van der Waals surface area contributed by atoms with E-state index in [-0.39, 0.29) is 23.0 Å². The number of nitrogens with zero attached hydrogens (tertiary/aromatic N) is 1. The summed E-state index contributed by atoms with van der Waals surface area (Å²) >= 11 is 0. The number of aromatic nitrogens is 1. The van der Waals surface area contributed by atoms with Gasteiger partial charge in [-0.25, -0.2) is 0 Å². The summed E-state index contributed by atoms with van der Waals surface area (Å²) in [6.07, 6.45) is 4.75. The van der Waals surface area contributed by atoms with Gasteiger partial charge in [-0.15, -0.1) is 0 Å². The number of Topliss-reactive ketones (excluding diaryl/α,β-unsaturated/α-hetero) is 1. The molecule has 5 heteroatoms. The molecule has 1 aromatic heterocycles. The van der Waals surface area contributed by atoms with Crippen LogP contribution in [0.3, 0.4) is 0 Å². The highest BCUT2D eigenvalue weighted by atomic mass is 16.1. The molecule has 0 amide bonds. The molecule has 5 nitrogen and oxygen atoms in total. The SMILES string of the molecule is CC1(C)CC(=O)C2=C(C1)Nc1cc(C(=O)c3ccccc3)ccc1N[C@@H]2c1ccncc1. The van der Waals surface area contributed by atoms with Crippen molar-refractivity contribution in [2.75, 3.05) is 10.6 Å². The molecule has 0 bridgehead atoms. The molecule has 1 aliphatic carbocycles. The molecule has 2 N–H and O–H groups in total. The van der Waals surface area contributed by atoms with Crippen molar-refractivity contribution in [3.8, 4) is 0 Å². The average Bonchev–Trinajstić information content (AvgIpc) is 2.95. The molecule has 160 valence electrons. The van der Waals surface area contributed by atoms with Crippen molar-refractivity contribution in [3.05, 3.63) is 101 Å². The fourth-order valence-electron chi connectivity index (χ4n) is 4.65. The number of benzene rings is 2. The highest BCUT2D eigenvalue weighted by molar-refractivity contribution is 6.10. The topological polar surface area (TPSA) is 71.1 Å². The second kappa shape index (κ2) is 7.75. The summed E-state index contributed by atoms with van der Waals surface area (Å²) in [5.41, 5.74) is 5.46. The monoisotopic (exact) mass is 423 g/mol. The van der Waals surface area contributed by atoms with Crippen molar-refractivity contribution < 1.29 is 9.59 Å². The van der Waals surface area contributed by atoms with Crippen LogP contribution in [0.1, 0.15) is 54.2 Å². The van der Waals surface area contributed by atoms with Gasteiger partial charge in [0.05, 0.1) is 17.4 Å². The Labute approximate surface area is 187 Å². The van der Waals surface area contributed by atoms with Crippen LogP contribution in [0.5, 0.6) is 0 Å². The zero-order valence-electron chi connectivity index (χ0n) is 18.2. The van der Waals surface area contributed by atoms with Gasteiger partial charge < -0.3 is 10.6 Å². The van der Waals surface area contributed by atoms with E-state index in [1.807, 2.05) is 60.7 Å². The number of rotatable bonds is 3. The van der Waals surface area contributed by atoms with E-state index in [1.165, 1.54) is 0 Å². The molecule has 1 aliphatic heterocycles. The van der Waals surface area contributed by atoms with Gasteiger partial charge in [-0.3, -0.25) is 14.6 Å². The van der Waals surface area contributed by atoms with E-state index in [9.17, 15) is 9.59 Å². The Morgan fingerprint density at radius 3 is 2.44 bits per heavy atom. The summed E-state index contributed by atoms with van der Waals surface area (Å²) in [4.78, 5) is 30.4. The van der Waals surface area contributed by atoms with Crippen LogP contribution in [0.25, 0.3) is 0 Å². The summed E-state index contributed by atoms with van der Waals surface area (Å²) in [6.45, 7) is 4.23. The van der Waals surface area contributed by atoms with Gasteiger partial charge in [0.15, 0.2) is 11.6 Å². The second-order valence-electron chi connectivity index (χ2n) is 9.27.